The zero-order chi connectivity index (χ0) is 18.0. The minimum atomic E-state index is -2.91. The maximum atomic E-state index is 12.7. The van der Waals surface area contributed by atoms with E-state index in [1.165, 1.54) is 31.4 Å². The predicted octanol–water partition coefficient (Wildman–Crippen LogP) is 3.28. The summed E-state index contributed by atoms with van der Waals surface area (Å²) in [5.74, 6) is -0.675. The van der Waals surface area contributed by atoms with Gasteiger partial charge in [0.25, 0.3) is 5.91 Å². The lowest BCUT2D eigenvalue weighted by Gasteiger charge is -2.18. The van der Waals surface area contributed by atoms with Crippen LogP contribution in [0.3, 0.4) is 0 Å². The quantitative estimate of drug-likeness (QED) is 0.797. The highest BCUT2D eigenvalue weighted by Gasteiger charge is 2.26. The van der Waals surface area contributed by atoms with Crippen LogP contribution in [0.2, 0.25) is 0 Å². The Labute approximate surface area is 142 Å². The summed E-state index contributed by atoms with van der Waals surface area (Å²) in [6.07, 6.45) is 0.623. The van der Waals surface area contributed by atoms with E-state index in [-0.39, 0.29) is 11.7 Å². The van der Waals surface area contributed by atoms with Crippen molar-refractivity contribution in [3.8, 4) is 5.75 Å². The summed E-state index contributed by atoms with van der Waals surface area (Å²) in [6, 6.07) is 10.6. The summed E-state index contributed by atoms with van der Waals surface area (Å²) >= 11 is 0. The van der Waals surface area contributed by atoms with Crippen molar-refractivity contribution in [2.24, 2.45) is 0 Å². The van der Waals surface area contributed by atoms with Gasteiger partial charge in [0.2, 0.25) is 0 Å². The fraction of sp³-hybridized carbons (Fsp3) is 0.222. The van der Waals surface area contributed by atoms with Crippen LogP contribution >= 0.6 is 0 Å². The predicted molar refractivity (Wildman–Crippen MR) is 86.2 cm³/mol. The van der Waals surface area contributed by atoms with Gasteiger partial charge in [-0.3, -0.25) is 4.79 Å². The fourth-order valence-electron chi connectivity index (χ4n) is 2.79. The molecule has 1 aliphatic heterocycles. The van der Waals surface area contributed by atoms with Gasteiger partial charge in [0.1, 0.15) is 5.75 Å². The number of hydrogen-bond donors (Lipinski definition) is 0. The molecule has 0 radical (unpaired) electrons. The number of hydrogen-bond acceptors (Lipinski definition) is 4. The second-order valence-electron chi connectivity index (χ2n) is 5.44. The summed E-state index contributed by atoms with van der Waals surface area (Å²) in [5.41, 5.74) is 2.41. The van der Waals surface area contributed by atoms with Crippen LogP contribution in [-0.2, 0) is 11.2 Å². The molecule has 2 aromatic rings. The molecule has 0 saturated heterocycles. The summed E-state index contributed by atoms with van der Waals surface area (Å²) in [6.45, 7) is -2.43. The number of benzene rings is 2. The van der Waals surface area contributed by atoms with Crippen LogP contribution < -0.4 is 9.64 Å². The Hall–Kier alpha value is -2.96. The number of methoxy groups -OCH3 is 1. The van der Waals surface area contributed by atoms with Crippen molar-refractivity contribution in [2.75, 3.05) is 18.6 Å². The van der Waals surface area contributed by atoms with Crippen LogP contribution in [0.4, 0.5) is 14.5 Å². The molecule has 25 heavy (non-hydrogen) atoms. The molecule has 1 amide bonds. The second kappa shape index (κ2) is 6.88. The molecule has 1 heterocycles. The number of nitrogens with zero attached hydrogens (tertiary/aromatic N) is 1. The standard InChI is InChI=1S/C18H15F2NO4/c1-24-17(23)13-4-7-15-12(10-13)8-9-21(15)16(22)11-2-5-14(6-3-11)25-18(19)20/h2-7,10,18H,8-9H2,1H3. The zero-order valence-corrected chi connectivity index (χ0v) is 13.4. The molecular weight excluding hydrogens is 332 g/mol. The summed E-state index contributed by atoms with van der Waals surface area (Å²) in [4.78, 5) is 25.9. The van der Waals surface area contributed by atoms with Gasteiger partial charge in [-0.15, -0.1) is 0 Å². The van der Waals surface area contributed by atoms with E-state index in [0.29, 0.717) is 24.1 Å². The smallest absolute Gasteiger partial charge is 0.387 e. The van der Waals surface area contributed by atoms with Crippen molar-refractivity contribution in [1.29, 1.82) is 0 Å². The number of alkyl halides is 2. The number of anilines is 1. The molecule has 0 N–H and O–H groups in total. The molecule has 3 rings (SSSR count). The average Bonchev–Trinajstić information content (AvgIpc) is 3.03. The number of carbonyl (C=O) groups is 2. The lowest BCUT2D eigenvalue weighted by Crippen LogP contribution is -2.28. The molecule has 2 aromatic carbocycles. The number of amides is 1. The third-order valence-electron chi connectivity index (χ3n) is 3.97. The molecule has 130 valence electrons. The van der Waals surface area contributed by atoms with Gasteiger partial charge in [-0.25, -0.2) is 4.79 Å². The first-order valence-corrected chi connectivity index (χ1v) is 7.57. The maximum absolute atomic E-state index is 12.7. The maximum Gasteiger partial charge on any atom is 0.387 e. The highest BCUT2D eigenvalue weighted by Crippen LogP contribution is 2.30. The Balaban J connectivity index is 1.80. The van der Waals surface area contributed by atoms with Crippen LogP contribution in [0, 0.1) is 0 Å². The van der Waals surface area contributed by atoms with Gasteiger partial charge in [0.15, 0.2) is 0 Å². The Morgan fingerprint density at radius 3 is 2.40 bits per heavy atom. The van der Waals surface area contributed by atoms with Gasteiger partial charge in [0, 0.05) is 17.8 Å². The SMILES string of the molecule is COC(=O)c1ccc2c(c1)CCN2C(=O)c1ccc(OC(F)F)cc1. The molecule has 0 saturated carbocycles. The number of fused-ring (bicyclic) bond motifs is 1. The molecule has 0 bridgehead atoms. The summed E-state index contributed by atoms with van der Waals surface area (Å²) in [5, 5.41) is 0. The topological polar surface area (TPSA) is 55.8 Å². The van der Waals surface area contributed by atoms with E-state index in [0.717, 1.165) is 11.3 Å². The number of esters is 1. The molecule has 0 atom stereocenters. The van der Waals surface area contributed by atoms with Gasteiger partial charge in [0.05, 0.1) is 12.7 Å². The first-order chi connectivity index (χ1) is 12.0. The Morgan fingerprint density at radius 2 is 1.76 bits per heavy atom. The molecule has 0 spiro atoms. The van der Waals surface area contributed by atoms with Gasteiger partial charge in [-0.1, -0.05) is 0 Å². The molecule has 1 aliphatic rings. The highest BCUT2D eigenvalue weighted by atomic mass is 19.3. The first-order valence-electron chi connectivity index (χ1n) is 7.57. The number of ether oxygens (including phenoxy) is 2. The van der Waals surface area contributed by atoms with E-state index in [9.17, 15) is 18.4 Å². The van der Waals surface area contributed by atoms with Gasteiger partial charge < -0.3 is 14.4 Å². The van der Waals surface area contributed by atoms with E-state index in [1.807, 2.05) is 0 Å². The molecule has 0 aliphatic carbocycles. The van der Waals surface area contributed by atoms with Crippen molar-refractivity contribution in [1.82, 2.24) is 0 Å². The second-order valence-corrected chi connectivity index (χ2v) is 5.44. The summed E-state index contributed by atoms with van der Waals surface area (Å²) < 4.78 is 33.3. The molecule has 0 aromatic heterocycles. The van der Waals surface area contributed by atoms with E-state index < -0.39 is 12.6 Å². The monoisotopic (exact) mass is 347 g/mol. The minimum absolute atomic E-state index is 0.00362. The molecular formula is C18H15F2NO4. The van der Waals surface area contributed by atoms with Crippen molar-refractivity contribution < 1.29 is 27.8 Å². The number of carbonyl (C=O) groups excluding carboxylic acids is 2. The molecule has 0 unspecified atom stereocenters. The van der Waals surface area contributed by atoms with Gasteiger partial charge in [-0.2, -0.15) is 8.78 Å². The first kappa shape index (κ1) is 16.9. The summed E-state index contributed by atoms with van der Waals surface area (Å²) in [7, 11) is 1.31. The lowest BCUT2D eigenvalue weighted by molar-refractivity contribution is -0.0498. The fourth-order valence-corrected chi connectivity index (χ4v) is 2.79. The van der Waals surface area contributed by atoms with Crippen molar-refractivity contribution in [3.05, 3.63) is 59.2 Å². The van der Waals surface area contributed by atoms with Crippen LogP contribution in [0.25, 0.3) is 0 Å². The molecule has 5 nitrogen and oxygen atoms in total. The van der Waals surface area contributed by atoms with Crippen molar-refractivity contribution in [2.45, 2.75) is 13.0 Å². The van der Waals surface area contributed by atoms with E-state index in [4.69, 9.17) is 4.74 Å². The highest BCUT2D eigenvalue weighted by molar-refractivity contribution is 6.07. The van der Waals surface area contributed by atoms with Gasteiger partial charge in [-0.05, 0) is 54.4 Å². The number of halogens is 2. The van der Waals surface area contributed by atoms with Crippen LogP contribution in [-0.4, -0.2) is 32.1 Å². The van der Waals surface area contributed by atoms with Crippen LogP contribution in [0.5, 0.6) is 5.75 Å². The van der Waals surface area contributed by atoms with Crippen molar-refractivity contribution >= 4 is 17.6 Å². The lowest BCUT2D eigenvalue weighted by atomic mass is 10.1. The molecule has 7 heteroatoms. The Bertz CT molecular complexity index is 805. The number of rotatable bonds is 4. The molecule has 0 fully saturated rings. The third kappa shape index (κ3) is 3.45. The van der Waals surface area contributed by atoms with E-state index >= 15 is 0 Å². The normalized spacial score (nSPS) is 12.9. The minimum Gasteiger partial charge on any atom is -0.465 e. The third-order valence-corrected chi connectivity index (χ3v) is 3.97. The Morgan fingerprint density at radius 1 is 1.08 bits per heavy atom. The van der Waals surface area contributed by atoms with E-state index in [1.54, 1.807) is 23.1 Å². The van der Waals surface area contributed by atoms with E-state index in [2.05, 4.69) is 4.74 Å². The van der Waals surface area contributed by atoms with Crippen molar-refractivity contribution in [3.63, 3.8) is 0 Å². The van der Waals surface area contributed by atoms with Crippen LogP contribution in [0.15, 0.2) is 42.5 Å². The van der Waals surface area contributed by atoms with Crippen LogP contribution in [0.1, 0.15) is 26.3 Å². The zero-order valence-electron chi connectivity index (χ0n) is 13.4. The Kier molecular flexibility index (Phi) is 4.65. The average molecular weight is 347 g/mol. The van der Waals surface area contributed by atoms with Gasteiger partial charge >= 0.3 is 12.6 Å². The largest absolute Gasteiger partial charge is 0.465 e.